The van der Waals surface area contributed by atoms with Crippen molar-refractivity contribution in [3.05, 3.63) is 52.2 Å². The number of thiophene rings is 1. The van der Waals surface area contributed by atoms with E-state index in [1.165, 1.54) is 16.2 Å². The number of carbonyl (C=O) groups is 3. The molecule has 11 heteroatoms. The van der Waals surface area contributed by atoms with Gasteiger partial charge < -0.3 is 31.1 Å². The van der Waals surface area contributed by atoms with Gasteiger partial charge in [-0.05, 0) is 37.5 Å². The van der Waals surface area contributed by atoms with Crippen LogP contribution >= 0.6 is 11.3 Å². The number of hydrogen-bond acceptors (Lipinski definition) is 7. The van der Waals surface area contributed by atoms with Crippen LogP contribution in [0.15, 0.2) is 41.8 Å². The first-order valence-corrected chi connectivity index (χ1v) is 12.8. The number of aliphatic hydroxyl groups excluding tert-OH is 1. The van der Waals surface area contributed by atoms with Crippen molar-refractivity contribution >= 4 is 34.9 Å². The van der Waals surface area contributed by atoms with E-state index in [2.05, 4.69) is 10.6 Å². The van der Waals surface area contributed by atoms with Crippen molar-refractivity contribution in [2.75, 3.05) is 19.8 Å². The van der Waals surface area contributed by atoms with Gasteiger partial charge in [0.05, 0.1) is 26.3 Å². The maximum absolute atomic E-state index is 13.0. The average Bonchev–Trinajstić information content (AvgIpc) is 3.23. The smallest absolute Gasteiger partial charge is 0.243 e. The summed E-state index contributed by atoms with van der Waals surface area (Å²) in [6.07, 6.45) is 1.77. The summed E-state index contributed by atoms with van der Waals surface area (Å²) in [7, 11) is 0. The van der Waals surface area contributed by atoms with Gasteiger partial charge in [0.2, 0.25) is 17.7 Å². The first-order valence-electron chi connectivity index (χ1n) is 11.9. The number of nitrogens with zero attached hydrogens (tertiary/aromatic N) is 1. The van der Waals surface area contributed by atoms with Crippen LogP contribution in [0.4, 0.5) is 0 Å². The van der Waals surface area contributed by atoms with Gasteiger partial charge in [-0.2, -0.15) is 0 Å². The molecule has 3 amide bonds. The van der Waals surface area contributed by atoms with Gasteiger partial charge in [0, 0.05) is 33.7 Å². The molecule has 192 valence electrons. The Morgan fingerprint density at radius 3 is 2.69 bits per heavy atom. The number of nitrogen functional groups attached to an aromatic ring is 1. The first-order chi connectivity index (χ1) is 17.3. The van der Waals surface area contributed by atoms with Crippen LogP contribution in [0.1, 0.15) is 36.1 Å². The summed E-state index contributed by atoms with van der Waals surface area (Å²) in [6.45, 7) is 0.353. The van der Waals surface area contributed by atoms with E-state index in [0.717, 1.165) is 10.6 Å². The number of ether oxygens (including phenoxy) is 1. The monoisotopic (exact) mass is 513 g/mol. The van der Waals surface area contributed by atoms with Crippen LogP contribution in [-0.4, -0.2) is 65.4 Å². The number of benzene rings is 1. The molecule has 1 aromatic carbocycles. The Morgan fingerprint density at radius 1 is 1.22 bits per heavy atom. The lowest BCUT2D eigenvalue weighted by atomic mass is 10.0. The number of piperidine rings is 1. The van der Waals surface area contributed by atoms with Crippen molar-refractivity contribution in [2.45, 2.75) is 44.3 Å². The lowest BCUT2D eigenvalue weighted by Gasteiger charge is -2.27. The third-order valence-corrected chi connectivity index (χ3v) is 7.66. The molecule has 10 nitrogen and oxygen atoms in total. The standard InChI is InChI=1S/C25H31N5O5S/c26-23(27)16-9-18(36-14-16)12-29-24(34)19-10-25(15-31)11-20(25)30(19)22(33)13-28-21(32)7-4-8-35-17-5-2-1-3-6-17/h1-3,5-6,9,14,19-20,31H,4,7-8,10-13,15H2,(H3,26,27)(H,28,32)(H,29,34)/t19-,20-,25+/m0/s1. The van der Waals surface area contributed by atoms with Crippen LogP contribution in [0, 0.1) is 10.8 Å². The molecule has 36 heavy (non-hydrogen) atoms. The molecule has 2 aliphatic rings. The summed E-state index contributed by atoms with van der Waals surface area (Å²) < 4.78 is 5.58. The zero-order valence-corrected chi connectivity index (χ0v) is 20.7. The van der Waals surface area contributed by atoms with Crippen molar-refractivity contribution in [3.8, 4) is 5.75 Å². The number of amides is 3. The highest BCUT2D eigenvalue weighted by Gasteiger charge is 2.66. The molecular formula is C25H31N5O5S. The fourth-order valence-corrected chi connectivity index (χ4v) is 5.46. The highest BCUT2D eigenvalue weighted by atomic mass is 32.1. The Balaban J connectivity index is 1.25. The Bertz CT molecular complexity index is 1120. The SMILES string of the molecule is N=C(N)c1csc(CNC(=O)[C@@H]2C[C@]3(CO)C[C@@H]3N2C(=O)CNC(=O)CCCOc2ccccc2)c1. The van der Waals surface area contributed by atoms with Crippen molar-refractivity contribution in [2.24, 2.45) is 11.1 Å². The maximum atomic E-state index is 13.0. The number of rotatable bonds is 12. The Hall–Kier alpha value is -3.44. The minimum Gasteiger partial charge on any atom is -0.494 e. The van der Waals surface area contributed by atoms with Crippen LogP contribution in [0.5, 0.6) is 5.75 Å². The summed E-state index contributed by atoms with van der Waals surface area (Å²) in [5.41, 5.74) is 5.65. The van der Waals surface area contributed by atoms with Gasteiger partial charge in [-0.15, -0.1) is 11.3 Å². The van der Waals surface area contributed by atoms with Crippen molar-refractivity contribution < 1.29 is 24.2 Å². The van der Waals surface area contributed by atoms with Gasteiger partial charge in [-0.25, -0.2) is 0 Å². The third-order valence-electron chi connectivity index (χ3n) is 6.72. The number of likely N-dealkylation sites (tertiary alicyclic amines) is 1. The van der Waals surface area contributed by atoms with Gasteiger partial charge in [0.25, 0.3) is 0 Å². The normalized spacial score (nSPS) is 22.0. The van der Waals surface area contributed by atoms with Gasteiger partial charge >= 0.3 is 0 Å². The van der Waals surface area contributed by atoms with Crippen molar-refractivity contribution in [3.63, 3.8) is 0 Å². The molecule has 2 aromatic rings. The Kier molecular flexibility index (Phi) is 7.90. The zero-order valence-electron chi connectivity index (χ0n) is 19.9. The van der Waals surface area contributed by atoms with Gasteiger partial charge in [-0.1, -0.05) is 18.2 Å². The van der Waals surface area contributed by atoms with E-state index in [4.69, 9.17) is 15.9 Å². The van der Waals surface area contributed by atoms with Gasteiger partial charge in [0.1, 0.15) is 17.6 Å². The Morgan fingerprint density at radius 2 is 2.00 bits per heavy atom. The summed E-state index contributed by atoms with van der Waals surface area (Å²) in [6, 6.07) is 10.2. The fraction of sp³-hybridized carbons (Fsp3) is 0.440. The number of amidine groups is 1. The summed E-state index contributed by atoms with van der Waals surface area (Å²) in [5, 5.41) is 24.6. The Labute approximate surface area is 213 Å². The molecule has 1 aromatic heterocycles. The van der Waals surface area contributed by atoms with E-state index in [1.54, 1.807) is 11.4 Å². The molecule has 2 fully saturated rings. The van der Waals surface area contributed by atoms with E-state index in [1.807, 2.05) is 30.3 Å². The molecule has 0 radical (unpaired) electrons. The summed E-state index contributed by atoms with van der Waals surface area (Å²) in [4.78, 5) is 40.6. The molecule has 0 spiro atoms. The number of para-hydroxylation sites is 1. The summed E-state index contributed by atoms with van der Waals surface area (Å²) >= 11 is 1.39. The predicted molar refractivity (Wildman–Crippen MR) is 135 cm³/mol. The second-order valence-electron chi connectivity index (χ2n) is 9.24. The van der Waals surface area contributed by atoms with Crippen molar-refractivity contribution in [1.29, 1.82) is 5.41 Å². The molecule has 1 saturated carbocycles. The van der Waals surface area contributed by atoms with E-state index in [9.17, 15) is 19.5 Å². The van der Waals surface area contributed by atoms with Crippen LogP contribution in [0.2, 0.25) is 0 Å². The molecule has 1 aliphatic heterocycles. The molecule has 3 atom stereocenters. The number of carbonyl (C=O) groups excluding carboxylic acids is 3. The minimum atomic E-state index is -0.702. The number of hydrogen-bond donors (Lipinski definition) is 5. The molecule has 6 N–H and O–H groups in total. The van der Waals surface area contributed by atoms with Crippen LogP contribution in [-0.2, 0) is 20.9 Å². The highest BCUT2D eigenvalue weighted by Crippen LogP contribution is 2.59. The zero-order chi connectivity index (χ0) is 25.7. The van der Waals surface area contributed by atoms with E-state index in [0.29, 0.717) is 31.4 Å². The minimum absolute atomic E-state index is 0.0351. The third kappa shape index (κ3) is 5.85. The topological polar surface area (TPSA) is 158 Å². The van der Waals surface area contributed by atoms with Gasteiger partial charge in [0.15, 0.2) is 0 Å². The average molecular weight is 514 g/mol. The number of nitrogens with two attached hydrogens (primary N) is 1. The number of nitrogens with one attached hydrogen (secondary N) is 3. The highest BCUT2D eigenvalue weighted by molar-refractivity contribution is 7.10. The van der Waals surface area contributed by atoms with Crippen LogP contribution < -0.4 is 21.1 Å². The predicted octanol–water partition coefficient (Wildman–Crippen LogP) is 0.976. The van der Waals surface area contributed by atoms with Gasteiger partial charge in [-0.3, -0.25) is 19.8 Å². The number of fused-ring (bicyclic) bond motifs is 1. The lowest BCUT2D eigenvalue weighted by molar-refractivity contribution is -0.140. The van der Waals surface area contributed by atoms with E-state index in [-0.39, 0.29) is 55.7 Å². The van der Waals surface area contributed by atoms with E-state index >= 15 is 0 Å². The molecule has 4 rings (SSSR count). The molecule has 0 unspecified atom stereocenters. The summed E-state index contributed by atoms with van der Waals surface area (Å²) in [5.74, 6) is -0.195. The first kappa shape index (κ1) is 25.6. The molecule has 1 saturated heterocycles. The second kappa shape index (κ2) is 11.1. The molecular weight excluding hydrogens is 482 g/mol. The fourth-order valence-electron chi connectivity index (χ4n) is 4.64. The van der Waals surface area contributed by atoms with Crippen LogP contribution in [0.3, 0.4) is 0 Å². The van der Waals surface area contributed by atoms with Crippen LogP contribution in [0.25, 0.3) is 0 Å². The lowest BCUT2D eigenvalue weighted by Crippen LogP contribution is -2.50. The van der Waals surface area contributed by atoms with Crippen molar-refractivity contribution in [1.82, 2.24) is 15.5 Å². The second-order valence-corrected chi connectivity index (χ2v) is 10.2. The molecule has 1 aliphatic carbocycles. The van der Waals surface area contributed by atoms with E-state index < -0.39 is 11.5 Å². The molecule has 0 bridgehead atoms. The largest absolute Gasteiger partial charge is 0.494 e. The maximum Gasteiger partial charge on any atom is 0.243 e. The number of aliphatic hydroxyl groups is 1. The quantitative estimate of drug-likeness (QED) is 0.162. The molecule has 2 heterocycles.